The van der Waals surface area contributed by atoms with Gasteiger partial charge in [-0.2, -0.15) is 0 Å². The number of likely N-dealkylation sites (tertiary alicyclic amines) is 1. The average molecular weight is 521 g/mol. The van der Waals surface area contributed by atoms with E-state index in [9.17, 15) is 19.2 Å². The van der Waals surface area contributed by atoms with Gasteiger partial charge in [-0.3, -0.25) is 19.2 Å². The van der Waals surface area contributed by atoms with Crippen molar-refractivity contribution in [3.8, 4) is 5.75 Å². The third kappa shape index (κ3) is 6.67. The Morgan fingerprint density at radius 1 is 0.917 bits per heavy atom. The fraction of sp³-hybridized carbons (Fsp3) is 0.600. The number of nitrogens with zero attached hydrogens (tertiary/aromatic N) is 2. The van der Waals surface area contributed by atoms with E-state index in [1.165, 1.54) is 0 Å². The summed E-state index contributed by atoms with van der Waals surface area (Å²) in [4.78, 5) is 54.5. The van der Waals surface area contributed by atoms with Crippen molar-refractivity contribution in [3.05, 3.63) is 28.8 Å². The topological polar surface area (TPSA) is 117 Å². The molecule has 4 rings (SSSR count). The molecule has 11 heteroatoms. The smallest absolute Gasteiger partial charge is 0.255 e. The Morgan fingerprint density at radius 2 is 1.72 bits per heavy atom. The van der Waals surface area contributed by atoms with E-state index in [0.717, 1.165) is 12.8 Å². The van der Waals surface area contributed by atoms with Gasteiger partial charge in [-0.1, -0.05) is 11.6 Å². The first kappa shape index (κ1) is 26.2. The maximum absolute atomic E-state index is 13.3. The van der Waals surface area contributed by atoms with Crippen LogP contribution in [0.25, 0.3) is 0 Å². The molecule has 2 saturated heterocycles. The lowest BCUT2D eigenvalue weighted by molar-refractivity contribution is -0.146. The molecular weight excluding hydrogens is 488 g/mol. The summed E-state index contributed by atoms with van der Waals surface area (Å²) in [7, 11) is 0. The number of amides is 4. The minimum absolute atomic E-state index is 0.0110. The summed E-state index contributed by atoms with van der Waals surface area (Å²) >= 11 is 6.06. The summed E-state index contributed by atoms with van der Waals surface area (Å²) in [5, 5.41) is 6.04. The average Bonchev–Trinajstić information content (AvgIpc) is 3.43. The van der Waals surface area contributed by atoms with Gasteiger partial charge in [0.05, 0.1) is 18.7 Å². The fourth-order valence-electron chi connectivity index (χ4n) is 4.80. The van der Waals surface area contributed by atoms with Gasteiger partial charge >= 0.3 is 0 Å². The zero-order chi connectivity index (χ0) is 25.5. The Balaban J connectivity index is 1.35. The number of rotatable bonds is 2. The number of piperidine rings is 1. The molecule has 0 aliphatic carbocycles. The lowest BCUT2D eigenvalue weighted by Crippen LogP contribution is -2.49. The van der Waals surface area contributed by atoms with Gasteiger partial charge in [0.15, 0.2) is 0 Å². The molecule has 10 nitrogen and oxygen atoms in total. The van der Waals surface area contributed by atoms with E-state index in [2.05, 4.69) is 10.6 Å². The molecule has 3 aliphatic rings. The van der Waals surface area contributed by atoms with Gasteiger partial charge in [-0.25, -0.2) is 0 Å². The van der Waals surface area contributed by atoms with E-state index in [0.29, 0.717) is 68.4 Å². The molecular formula is C25H33ClN4O6. The molecule has 0 aromatic heterocycles. The van der Waals surface area contributed by atoms with Gasteiger partial charge in [0, 0.05) is 43.7 Å². The maximum Gasteiger partial charge on any atom is 0.255 e. The maximum atomic E-state index is 13.3. The molecule has 2 N–H and O–H groups in total. The van der Waals surface area contributed by atoms with Crippen LogP contribution in [0.15, 0.2) is 18.2 Å². The van der Waals surface area contributed by atoms with Crippen LogP contribution >= 0.6 is 11.6 Å². The fourth-order valence-corrected chi connectivity index (χ4v) is 4.97. The number of halogens is 1. The highest BCUT2D eigenvalue weighted by Gasteiger charge is 2.34. The van der Waals surface area contributed by atoms with E-state index in [1.807, 2.05) is 0 Å². The molecule has 36 heavy (non-hydrogen) atoms. The standard InChI is InChI=1S/C25H33ClN4O6/c26-18-4-5-20-19(15-18)23(32)28-8-2-10-30(16-22(31)27-9-14-36-20)24(33)17-6-11-29(12-7-17)25(34)21-3-1-13-35-21/h4-5,15,17,21H,1-3,6-14,16H2,(H,27,31)(H,28,32). The molecule has 0 saturated carbocycles. The molecule has 0 radical (unpaired) electrons. The summed E-state index contributed by atoms with van der Waals surface area (Å²) in [6.45, 7) is 2.62. The SMILES string of the molecule is O=C1CN(C(=O)C2CCN(C(=O)C3CCCO3)CC2)CCCNC(=O)c2cc(Cl)ccc2OCCN1. The Bertz CT molecular complexity index is 975. The second-order valence-corrected chi connectivity index (χ2v) is 9.75. The number of nitrogens with one attached hydrogen (secondary N) is 2. The number of benzene rings is 1. The Kier molecular flexibility index (Phi) is 9.03. The number of ether oxygens (including phenoxy) is 2. The molecule has 1 aromatic rings. The number of fused-ring (bicyclic) bond motifs is 1. The molecule has 0 spiro atoms. The number of carbonyl (C=O) groups excluding carboxylic acids is 4. The third-order valence-electron chi connectivity index (χ3n) is 6.77. The van der Waals surface area contributed by atoms with Crippen molar-refractivity contribution in [3.63, 3.8) is 0 Å². The van der Waals surface area contributed by atoms with Gasteiger partial charge in [-0.15, -0.1) is 0 Å². The van der Waals surface area contributed by atoms with Crippen LogP contribution in [-0.2, 0) is 19.1 Å². The summed E-state index contributed by atoms with van der Waals surface area (Å²) in [5.74, 6) is -0.523. The van der Waals surface area contributed by atoms with Crippen LogP contribution in [0.4, 0.5) is 0 Å². The first-order chi connectivity index (χ1) is 17.4. The summed E-state index contributed by atoms with van der Waals surface area (Å²) in [5.41, 5.74) is 0.322. The molecule has 3 heterocycles. The zero-order valence-corrected chi connectivity index (χ0v) is 21.1. The Morgan fingerprint density at radius 3 is 2.47 bits per heavy atom. The third-order valence-corrected chi connectivity index (χ3v) is 7.00. The normalized spacial score (nSPS) is 22.6. The van der Waals surface area contributed by atoms with E-state index in [4.69, 9.17) is 21.1 Å². The van der Waals surface area contributed by atoms with Crippen LogP contribution in [-0.4, -0.2) is 92.0 Å². The van der Waals surface area contributed by atoms with Crippen molar-refractivity contribution in [1.29, 1.82) is 0 Å². The van der Waals surface area contributed by atoms with Crippen molar-refractivity contribution in [2.24, 2.45) is 5.92 Å². The van der Waals surface area contributed by atoms with Crippen molar-refractivity contribution >= 4 is 35.2 Å². The van der Waals surface area contributed by atoms with Gasteiger partial charge in [0.2, 0.25) is 11.8 Å². The predicted octanol–water partition coefficient (Wildman–Crippen LogP) is 1.21. The van der Waals surface area contributed by atoms with E-state index in [1.54, 1.807) is 28.0 Å². The monoisotopic (exact) mass is 520 g/mol. The number of hydrogen-bond acceptors (Lipinski definition) is 6. The van der Waals surface area contributed by atoms with E-state index >= 15 is 0 Å². The molecule has 4 amide bonds. The second kappa shape index (κ2) is 12.4. The highest BCUT2D eigenvalue weighted by molar-refractivity contribution is 6.31. The Hall–Kier alpha value is -2.85. The van der Waals surface area contributed by atoms with Crippen LogP contribution < -0.4 is 15.4 Å². The van der Waals surface area contributed by atoms with Gasteiger partial charge in [0.1, 0.15) is 18.5 Å². The van der Waals surface area contributed by atoms with E-state index < -0.39 is 0 Å². The highest BCUT2D eigenvalue weighted by atomic mass is 35.5. The van der Waals surface area contributed by atoms with Crippen LogP contribution in [0.1, 0.15) is 42.5 Å². The second-order valence-electron chi connectivity index (χ2n) is 9.31. The van der Waals surface area contributed by atoms with Crippen molar-refractivity contribution in [1.82, 2.24) is 20.4 Å². The minimum atomic E-state index is -0.355. The van der Waals surface area contributed by atoms with Crippen LogP contribution in [0, 0.1) is 5.92 Å². The largest absolute Gasteiger partial charge is 0.491 e. The molecule has 0 bridgehead atoms. The van der Waals surface area contributed by atoms with Gasteiger partial charge in [0.25, 0.3) is 11.8 Å². The van der Waals surface area contributed by atoms with Gasteiger partial charge < -0.3 is 29.9 Å². The van der Waals surface area contributed by atoms with Crippen LogP contribution in [0.2, 0.25) is 5.02 Å². The molecule has 1 unspecified atom stereocenters. The van der Waals surface area contributed by atoms with Crippen LogP contribution in [0.3, 0.4) is 0 Å². The summed E-state index contributed by atoms with van der Waals surface area (Å²) in [6.07, 6.45) is 2.88. The lowest BCUT2D eigenvalue weighted by atomic mass is 9.94. The number of carbonyl (C=O) groups is 4. The summed E-state index contributed by atoms with van der Waals surface area (Å²) in [6, 6.07) is 4.81. The van der Waals surface area contributed by atoms with Gasteiger partial charge in [-0.05, 0) is 50.3 Å². The quantitative estimate of drug-likeness (QED) is 0.605. The lowest BCUT2D eigenvalue weighted by Gasteiger charge is -2.35. The van der Waals surface area contributed by atoms with Crippen molar-refractivity contribution < 1.29 is 28.7 Å². The highest BCUT2D eigenvalue weighted by Crippen LogP contribution is 2.24. The minimum Gasteiger partial charge on any atom is -0.491 e. The first-order valence-corrected chi connectivity index (χ1v) is 13.0. The Labute approximate surface area is 215 Å². The molecule has 196 valence electrons. The van der Waals surface area contributed by atoms with E-state index in [-0.39, 0.29) is 55.3 Å². The molecule has 1 aromatic carbocycles. The molecule has 3 aliphatic heterocycles. The molecule has 1 atom stereocenters. The zero-order valence-electron chi connectivity index (χ0n) is 20.3. The number of hydrogen-bond donors (Lipinski definition) is 2. The summed E-state index contributed by atoms with van der Waals surface area (Å²) < 4.78 is 11.2. The molecule has 2 fully saturated rings. The van der Waals surface area contributed by atoms with Crippen LogP contribution in [0.5, 0.6) is 5.75 Å². The van der Waals surface area contributed by atoms with Crippen molar-refractivity contribution in [2.75, 3.05) is 52.5 Å². The first-order valence-electron chi connectivity index (χ1n) is 12.6. The van der Waals surface area contributed by atoms with Crippen molar-refractivity contribution in [2.45, 2.75) is 38.2 Å². The predicted molar refractivity (Wildman–Crippen MR) is 132 cm³/mol.